The summed E-state index contributed by atoms with van der Waals surface area (Å²) in [6, 6.07) is 3.50. The summed E-state index contributed by atoms with van der Waals surface area (Å²) in [4.78, 5) is 26.1. The lowest BCUT2D eigenvalue weighted by Gasteiger charge is -2.08. The molecule has 1 aliphatic rings. The molecule has 2 rings (SSSR count). The maximum Gasteiger partial charge on any atom is 0.244 e. The molecule has 16 heavy (non-hydrogen) atoms. The first-order valence-corrected chi connectivity index (χ1v) is 5.21. The van der Waals surface area contributed by atoms with Crippen molar-refractivity contribution >= 4 is 11.8 Å². The zero-order chi connectivity index (χ0) is 11.4. The SMILES string of the molecule is O=C1CC(NCCc2ccncc2)C(=O)N1. The Hall–Kier alpha value is -1.75. The summed E-state index contributed by atoms with van der Waals surface area (Å²) < 4.78 is 0. The number of rotatable bonds is 4. The molecule has 1 unspecified atom stereocenters. The molecule has 1 aromatic rings. The van der Waals surface area contributed by atoms with Crippen LogP contribution in [0.4, 0.5) is 0 Å². The fourth-order valence-electron chi connectivity index (χ4n) is 1.66. The molecule has 0 radical (unpaired) electrons. The van der Waals surface area contributed by atoms with E-state index in [1.54, 1.807) is 12.4 Å². The summed E-state index contributed by atoms with van der Waals surface area (Å²) in [6.07, 6.45) is 4.54. The molecule has 1 aromatic heterocycles. The molecule has 2 amide bonds. The number of hydrogen-bond donors (Lipinski definition) is 2. The molecule has 5 nitrogen and oxygen atoms in total. The second-order valence-electron chi connectivity index (χ2n) is 3.73. The minimum Gasteiger partial charge on any atom is -0.305 e. The molecule has 1 fully saturated rings. The highest BCUT2D eigenvalue weighted by atomic mass is 16.2. The van der Waals surface area contributed by atoms with Crippen molar-refractivity contribution in [2.24, 2.45) is 0 Å². The van der Waals surface area contributed by atoms with Crippen molar-refractivity contribution in [2.45, 2.75) is 18.9 Å². The standard InChI is InChI=1S/C11H13N3O2/c15-10-7-9(11(16)14-10)13-6-3-8-1-4-12-5-2-8/h1-2,4-5,9,13H,3,6-7H2,(H,14,15,16). The summed E-state index contributed by atoms with van der Waals surface area (Å²) in [7, 11) is 0. The first-order valence-electron chi connectivity index (χ1n) is 5.21. The van der Waals surface area contributed by atoms with Crippen molar-refractivity contribution in [3.8, 4) is 0 Å². The fourth-order valence-corrected chi connectivity index (χ4v) is 1.66. The van der Waals surface area contributed by atoms with Gasteiger partial charge in [-0.1, -0.05) is 0 Å². The first-order chi connectivity index (χ1) is 7.75. The van der Waals surface area contributed by atoms with Crippen LogP contribution in [0.1, 0.15) is 12.0 Å². The van der Waals surface area contributed by atoms with E-state index >= 15 is 0 Å². The minimum absolute atomic E-state index is 0.202. The highest BCUT2D eigenvalue weighted by molar-refractivity contribution is 6.05. The minimum atomic E-state index is -0.366. The molecule has 2 heterocycles. The maximum absolute atomic E-state index is 11.2. The van der Waals surface area contributed by atoms with E-state index < -0.39 is 0 Å². The van der Waals surface area contributed by atoms with Crippen LogP contribution in [0.5, 0.6) is 0 Å². The monoisotopic (exact) mass is 219 g/mol. The number of nitrogens with one attached hydrogen (secondary N) is 2. The van der Waals surface area contributed by atoms with Crippen LogP contribution in [-0.4, -0.2) is 29.4 Å². The van der Waals surface area contributed by atoms with Gasteiger partial charge in [-0.15, -0.1) is 0 Å². The number of nitrogens with zero attached hydrogens (tertiary/aromatic N) is 1. The maximum atomic E-state index is 11.2. The smallest absolute Gasteiger partial charge is 0.244 e. The van der Waals surface area contributed by atoms with Crippen LogP contribution in [0.15, 0.2) is 24.5 Å². The third-order valence-corrected chi connectivity index (χ3v) is 2.52. The van der Waals surface area contributed by atoms with E-state index in [0.717, 1.165) is 12.0 Å². The Kier molecular flexibility index (Phi) is 3.26. The second-order valence-corrected chi connectivity index (χ2v) is 3.73. The Morgan fingerprint density at radius 1 is 1.38 bits per heavy atom. The Balaban J connectivity index is 1.76. The zero-order valence-corrected chi connectivity index (χ0v) is 8.77. The summed E-state index contributed by atoms with van der Waals surface area (Å²) in [6.45, 7) is 0.676. The normalized spacial score (nSPS) is 19.9. The van der Waals surface area contributed by atoms with E-state index in [4.69, 9.17) is 0 Å². The lowest BCUT2D eigenvalue weighted by Crippen LogP contribution is -2.37. The van der Waals surface area contributed by atoms with Gasteiger partial charge in [-0.05, 0) is 30.7 Å². The van der Waals surface area contributed by atoms with Crippen molar-refractivity contribution in [3.05, 3.63) is 30.1 Å². The topological polar surface area (TPSA) is 71.1 Å². The Morgan fingerprint density at radius 3 is 2.75 bits per heavy atom. The van der Waals surface area contributed by atoms with Gasteiger partial charge in [-0.2, -0.15) is 0 Å². The summed E-state index contributed by atoms with van der Waals surface area (Å²) in [5.74, 6) is -0.425. The molecule has 2 N–H and O–H groups in total. The molecule has 5 heteroatoms. The quantitative estimate of drug-likeness (QED) is 0.678. The van der Waals surface area contributed by atoms with Gasteiger partial charge in [0.05, 0.1) is 12.5 Å². The highest BCUT2D eigenvalue weighted by Gasteiger charge is 2.29. The van der Waals surface area contributed by atoms with Crippen LogP contribution in [0.3, 0.4) is 0 Å². The van der Waals surface area contributed by atoms with Crippen molar-refractivity contribution < 1.29 is 9.59 Å². The molecule has 84 valence electrons. The molecule has 1 aliphatic heterocycles. The number of carbonyl (C=O) groups is 2. The van der Waals surface area contributed by atoms with E-state index in [2.05, 4.69) is 15.6 Å². The van der Waals surface area contributed by atoms with Gasteiger partial charge in [-0.25, -0.2) is 0 Å². The van der Waals surface area contributed by atoms with E-state index in [-0.39, 0.29) is 24.3 Å². The van der Waals surface area contributed by atoms with Crippen LogP contribution < -0.4 is 10.6 Å². The van der Waals surface area contributed by atoms with Gasteiger partial charge in [0, 0.05) is 12.4 Å². The third kappa shape index (κ3) is 2.64. The molecule has 1 saturated heterocycles. The summed E-state index contributed by atoms with van der Waals surface area (Å²) in [5, 5.41) is 5.32. The number of amides is 2. The van der Waals surface area contributed by atoms with Crippen LogP contribution >= 0.6 is 0 Å². The molecule has 1 atom stereocenters. The molecule has 0 aromatic carbocycles. The summed E-state index contributed by atoms with van der Waals surface area (Å²) >= 11 is 0. The van der Waals surface area contributed by atoms with E-state index in [0.29, 0.717) is 6.54 Å². The van der Waals surface area contributed by atoms with Gasteiger partial charge in [0.25, 0.3) is 0 Å². The zero-order valence-electron chi connectivity index (χ0n) is 8.77. The lowest BCUT2D eigenvalue weighted by molar-refractivity contribution is -0.125. The molecular weight excluding hydrogens is 206 g/mol. The Bertz CT molecular complexity index is 391. The predicted octanol–water partition coefficient (Wildman–Crippen LogP) is -0.371. The van der Waals surface area contributed by atoms with Gasteiger partial charge in [0.15, 0.2) is 0 Å². The molecular formula is C11H13N3O2. The predicted molar refractivity (Wildman–Crippen MR) is 57.5 cm³/mol. The van der Waals surface area contributed by atoms with E-state index in [1.165, 1.54) is 0 Å². The largest absolute Gasteiger partial charge is 0.305 e. The number of aromatic nitrogens is 1. The van der Waals surface area contributed by atoms with Gasteiger partial charge < -0.3 is 5.32 Å². The summed E-state index contributed by atoms with van der Waals surface area (Å²) in [5.41, 5.74) is 1.16. The van der Waals surface area contributed by atoms with Crippen LogP contribution in [0.25, 0.3) is 0 Å². The van der Waals surface area contributed by atoms with Gasteiger partial charge >= 0.3 is 0 Å². The highest BCUT2D eigenvalue weighted by Crippen LogP contribution is 2.02. The molecule has 0 bridgehead atoms. The fraction of sp³-hybridized carbons (Fsp3) is 0.364. The lowest BCUT2D eigenvalue weighted by atomic mass is 10.2. The van der Waals surface area contributed by atoms with E-state index in [1.807, 2.05) is 12.1 Å². The Morgan fingerprint density at radius 2 is 2.12 bits per heavy atom. The van der Waals surface area contributed by atoms with Crippen molar-refractivity contribution in [3.63, 3.8) is 0 Å². The van der Waals surface area contributed by atoms with Crippen molar-refractivity contribution in [1.29, 1.82) is 0 Å². The van der Waals surface area contributed by atoms with Gasteiger partial charge in [-0.3, -0.25) is 19.9 Å². The second kappa shape index (κ2) is 4.85. The third-order valence-electron chi connectivity index (χ3n) is 2.52. The van der Waals surface area contributed by atoms with Crippen molar-refractivity contribution in [2.75, 3.05) is 6.54 Å². The first kappa shape index (κ1) is 10.8. The molecule has 0 aliphatic carbocycles. The Labute approximate surface area is 93.3 Å². The van der Waals surface area contributed by atoms with Gasteiger partial charge in [0.1, 0.15) is 0 Å². The number of hydrogen-bond acceptors (Lipinski definition) is 4. The average Bonchev–Trinajstić information content (AvgIpc) is 2.59. The number of imide groups is 1. The number of pyridine rings is 1. The van der Waals surface area contributed by atoms with E-state index in [9.17, 15) is 9.59 Å². The van der Waals surface area contributed by atoms with Crippen molar-refractivity contribution in [1.82, 2.24) is 15.6 Å². The average molecular weight is 219 g/mol. The number of carbonyl (C=O) groups excluding carboxylic acids is 2. The molecule has 0 spiro atoms. The van der Waals surface area contributed by atoms with Crippen LogP contribution in [-0.2, 0) is 16.0 Å². The van der Waals surface area contributed by atoms with Gasteiger partial charge in [0.2, 0.25) is 11.8 Å². The van der Waals surface area contributed by atoms with Crippen LogP contribution in [0, 0.1) is 0 Å². The molecule has 0 saturated carbocycles. The van der Waals surface area contributed by atoms with Crippen LogP contribution in [0.2, 0.25) is 0 Å².